The lowest BCUT2D eigenvalue weighted by atomic mass is 10.1. The van der Waals surface area contributed by atoms with E-state index >= 15 is 0 Å². The molecule has 0 spiro atoms. The number of hydrogen-bond acceptors (Lipinski definition) is 5. The third-order valence-corrected chi connectivity index (χ3v) is 4.75. The van der Waals surface area contributed by atoms with E-state index in [9.17, 15) is 9.59 Å². The largest absolute Gasteiger partial charge is 0.497 e. The third-order valence-electron chi connectivity index (χ3n) is 4.75. The third kappa shape index (κ3) is 4.42. The smallest absolute Gasteiger partial charge is 0.277 e. The molecule has 0 atom stereocenters. The predicted molar refractivity (Wildman–Crippen MR) is 118 cm³/mol. The van der Waals surface area contributed by atoms with Crippen LogP contribution in [0.4, 0.5) is 5.69 Å². The Morgan fingerprint density at radius 1 is 1.03 bits per heavy atom. The molecule has 31 heavy (non-hydrogen) atoms. The molecule has 0 unspecified atom stereocenters. The lowest BCUT2D eigenvalue weighted by Gasteiger charge is -2.08. The van der Waals surface area contributed by atoms with Crippen molar-refractivity contribution in [3.8, 4) is 22.8 Å². The van der Waals surface area contributed by atoms with Crippen molar-refractivity contribution in [1.29, 1.82) is 0 Å². The number of carbonyl (C=O) groups is 1. The van der Waals surface area contributed by atoms with Gasteiger partial charge in [0.25, 0.3) is 5.56 Å². The Labute approximate surface area is 178 Å². The quantitative estimate of drug-likeness (QED) is 0.498. The van der Waals surface area contributed by atoms with Gasteiger partial charge in [0.1, 0.15) is 23.6 Å². The van der Waals surface area contributed by atoms with Crippen molar-refractivity contribution in [3.05, 3.63) is 77.3 Å². The molecule has 158 valence electrons. The van der Waals surface area contributed by atoms with Crippen LogP contribution in [0.1, 0.15) is 6.92 Å². The van der Waals surface area contributed by atoms with Gasteiger partial charge in [-0.2, -0.15) is 5.10 Å². The molecule has 0 aliphatic rings. The van der Waals surface area contributed by atoms with Crippen LogP contribution < -0.4 is 20.3 Å². The van der Waals surface area contributed by atoms with Crippen LogP contribution in [0.2, 0.25) is 0 Å². The lowest BCUT2D eigenvalue weighted by Crippen LogP contribution is -2.28. The molecule has 0 fully saturated rings. The molecule has 0 radical (unpaired) electrons. The summed E-state index contributed by atoms with van der Waals surface area (Å²) >= 11 is 0. The van der Waals surface area contributed by atoms with E-state index in [1.807, 2.05) is 31.2 Å². The zero-order valence-corrected chi connectivity index (χ0v) is 17.2. The molecule has 1 amide bonds. The Morgan fingerprint density at radius 2 is 1.74 bits per heavy atom. The molecule has 1 N–H and O–H groups in total. The molecular weight excluding hydrogens is 396 g/mol. The minimum Gasteiger partial charge on any atom is -0.497 e. The van der Waals surface area contributed by atoms with Gasteiger partial charge in [0, 0.05) is 23.6 Å². The summed E-state index contributed by atoms with van der Waals surface area (Å²) in [6.07, 6.45) is 3.21. The molecular formula is C23H22N4O4. The summed E-state index contributed by atoms with van der Waals surface area (Å²) in [4.78, 5) is 25.3. The van der Waals surface area contributed by atoms with Crippen molar-refractivity contribution < 1.29 is 14.3 Å². The van der Waals surface area contributed by atoms with Gasteiger partial charge >= 0.3 is 0 Å². The van der Waals surface area contributed by atoms with Crippen molar-refractivity contribution >= 4 is 17.1 Å². The first-order valence-corrected chi connectivity index (χ1v) is 9.83. The van der Waals surface area contributed by atoms with E-state index in [2.05, 4.69) is 10.4 Å². The summed E-state index contributed by atoms with van der Waals surface area (Å²) in [7, 11) is 1.61. The second-order valence-corrected chi connectivity index (χ2v) is 6.82. The van der Waals surface area contributed by atoms with E-state index in [1.165, 1.54) is 9.08 Å². The van der Waals surface area contributed by atoms with Crippen LogP contribution in [-0.4, -0.2) is 33.8 Å². The van der Waals surface area contributed by atoms with Crippen molar-refractivity contribution in [3.63, 3.8) is 0 Å². The van der Waals surface area contributed by atoms with Gasteiger partial charge in [-0.05, 0) is 61.5 Å². The highest BCUT2D eigenvalue weighted by atomic mass is 16.5. The van der Waals surface area contributed by atoms with E-state index in [-0.39, 0.29) is 18.0 Å². The maximum atomic E-state index is 12.9. The molecule has 2 aromatic heterocycles. The van der Waals surface area contributed by atoms with Gasteiger partial charge < -0.3 is 19.4 Å². The lowest BCUT2D eigenvalue weighted by molar-refractivity contribution is -0.116. The summed E-state index contributed by atoms with van der Waals surface area (Å²) in [5.74, 6) is 1.18. The topological polar surface area (TPSA) is 86.9 Å². The van der Waals surface area contributed by atoms with Crippen LogP contribution in [0.25, 0.3) is 16.8 Å². The highest BCUT2D eigenvalue weighted by Gasteiger charge is 2.12. The number of anilines is 1. The first kappa shape index (κ1) is 20.2. The molecule has 0 saturated carbocycles. The second kappa shape index (κ2) is 8.74. The molecule has 0 bridgehead atoms. The van der Waals surface area contributed by atoms with Crippen molar-refractivity contribution in [2.24, 2.45) is 0 Å². The maximum absolute atomic E-state index is 12.9. The van der Waals surface area contributed by atoms with Gasteiger partial charge in [-0.1, -0.05) is 0 Å². The highest BCUT2D eigenvalue weighted by Crippen LogP contribution is 2.21. The van der Waals surface area contributed by atoms with Gasteiger partial charge in [0.05, 0.1) is 19.4 Å². The van der Waals surface area contributed by atoms with Crippen LogP contribution in [-0.2, 0) is 11.3 Å². The number of carbonyl (C=O) groups excluding carboxylic acids is 1. The number of aromatic nitrogens is 3. The Morgan fingerprint density at radius 3 is 2.42 bits per heavy atom. The summed E-state index contributed by atoms with van der Waals surface area (Å²) in [6.45, 7) is 2.38. The van der Waals surface area contributed by atoms with Crippen LogP contribution in [0.3, 0.4) is 0 Å². The fourth-order valence-electron chi connectivity index (χ4n) is 3.21. The normalized spacial score (nSPS) is 10.8. The number of nitrogens with one attached hydrogen (secondary N) is 1. The van der Waals surface area contributed by atoms with Gasteiger partial charge in [-0.15, -0.1) is 0 Å². The van der Waals surface area contributed by atoms with Crippen molar-refractivity contribution in [2.45, 2.75) is 13.5 Å². The summed E-state index contributed by atoms with van der Waals surface area (Å²) in [5.41, 5.74) is 2.26. The van der Waals surface area contributed by atoms with E-state index in [1.54, 1.807) is 49.8 Å². The van der Waals surface area contributed by atoms with Crippen LogP contribution in [0.15, 0.2) is 71.8 Å². The standard InChI is InChI=1S/C23H22N4O4/c1-3-31-19-10-6-17(7-11-19)24-22(28)15-26-12-13-27-21(23(26)29)14-20(25-27)16-4-8-18(30-2)9-5-16/h4-14H,3,15H2,1-2H3,(H,24,28). The summed E-state index contributed by atoms with van der Waals surface area (Å²) < 4.78 is 13.4. The molecule has 0 aliphatic heterocycles. The van der Waals surface area contributed by atoms with E-state index < -0.39 is 0 Å². The number of fused-ring (bicyclic) bond motifs is 1. The number of ether oxygens (including phenoxy) is 2. The molecule has 0 saturated heterocycles. The second-order valence-electron chi connectivity index (χ2n) is 6.82. The van der Waals surface area contributed by atoms with Crippen LogP contribution >= 0.6 is 0 Å². The van der Waals surface area contributed by atoms with E-state index in [0.29, 0.717) is 23.5 Å². The fraction of sp³-hybridized carbons (Fsp3) is 0.174. The SMILES string of the molecule is CCOc1ccc(NC(=O)Cn2ccn3nc(-c4ccc(OC)cc4)cc3c2=O)cc1. The average molecular weight is 418 g/mol. The number of hydrogen-bond donors (Lipinski definition) is 1. The Hall–Kier alpha value is -4.07. The molecule has 2 aromatic carbocycles. The fourth-order valence-corrected chi connectivity index (χ4v) is 3.21. The van der Waals surface area contributed by atoms with Gasteiger partial charge in [0.2, 0.25) is 5.91 Å². The van der Waals surface area contributed by atoms with Crippen LogP contribution in [0, 0.1) is 0 Å². The molecule has 0 aliphatic carbocycles. The molecule has 4 aromatic rings. The maximum Gasteiger partial charge on any atom is 0.277 e. The molecule has 4 rings (SSSR count). The summed E-state index contributed by atoms with van der Waals surface area (Å²) in [6, 6.07) is 16.2. The number of rotatable bonds is 7. The zero-order chi connectivity index (χ0) is 21.8. The monoisotopic (exact) mass is 418 g/mol. The molecule has 8 nitrogen and oxygen atoms in total. The Bertz CT molecular complexity index is 1260. The minimum atomic E-state index is -0.300. The Kier molecular flexibility index (Phi) is 5.70. The molecule has 2 heterocycles. The summed E-state index contributed by atoms with van der Waals surface area (Å²) in [5, 5.41) is 7.25. The number of nitrogens with zero attached hydrogens (tertiary/aromatic N) is 3. The zero-order valence-electron chi connectivity index (χ0n) is 17.2. The van der Waals surface area contributed by atoms with Crippen molar-refractivity contribution in [1.82, 2.24) is 14.2 Å². The van der Waals surface area contributed by atoms with Crippen molar-refractivity contribution in [2.75, 3.05) is 19.0 Å². The van der Waals surface area contributed by atoms with Gasteiger partial charge in [0.15, 0.2) is 0 Å². The minimum absolute atomic E-state index is 0.106. The van der Waals surface area contributed by atoms with E-state index in [0.717, 1.165) is 17.1 Å². The number of methoxy groups -OCH3 is 1. The first-order chi connectivity index (χ1) is 15.1. The number of benzene rings is 2. The number of amides is 1. The molecule has 8 heteroatoms. The first-order valence-electron chi connectivity index (χ1n) is 9.83. The Balaban J connectivity index is 1.52. The van der Waals surface area contributed by atoms with E-state index in [4.69, 9.17) is 9.47 Å². The average Bonchev–Trinajstić information content (AvgIpc) is 3.22. The van der Waals surface area contributed by atoms with Crippen LogP contribution in [0.5, 0.6) is 11.5 Å². The highest BCUT2D eigenvalue weighted by molar-refractivity contribution is 5.90. The predicted octanol–water partition coefficient (Wildman–Crippen LogP) is 3.21. The van der Waals surface area contributed by atoms with Gasteiger partial charge in [-0.3, -0.25) is 9.59 Å². The van der Waals surface area contributed by atoms with Gasteiger partial charge in [-0.25, -0.2) is 4.52 Å².